The molecule has 3 rings (SSSR count). The summed E-state index contributed by atoms with van der Waals surface area (Å²) in [5.41, 5.74) is 1.24. The fraction of sp³-hybridized carbons (Fsp3) is 0.0588. The van der Waals surface area contributed by atoms with E-state index >= 15 is 0 Å². The van der Waals surface area contributed by atoms with Crippen LogP contribution in [-0.2, 0) is 11.3 Å². The summed E-state index contributed by atoms with van der Waals surface area (Å²) in [5, 5.41) is 15.3. The molecule has 1 amide bonds. The number of benzene rings is 2. The molecule has 8 heteroatoms. The zero-order valence-electron chi connectivity index (χ0n) is 12.8. The molecule has 0 aliphatic rings. The van der Waals surface area contributed by atoms with E-state index in [0.29, 0.717) is 16.8 Å². The number of nitriles is 1. The standard InChI is InChI=1S/C17H11FN4O3/c18-13-6-4-12(5-7-13)16-21-22(17(24)25-16)10-15(23)20-14-3-1-2-11(8-14)9-19/h1-8H,10H2,(H,20,23). The van der Waals surface area contributed by atoms with E-state index in [0.717, 1.165) is 4.68 Å². The Hall–Kier alpha value is -3.73. The van der Waals surface area contributed by atoms with Gasteiger partial charge in [-0.1, -0.05) is 6.07 Å². The first-order valence-electron chi connectivity index (χ1n) is 7.19. The lowest BCUT2D eigenvalue weighted by atomic mass is 10.2. The summed E-state index contributed by atoms with van der Waals surface area (Å²) < 4.78 is 18.8. The van der Waals surface area contributed by atoms with Gasteiger partial charge in [0.2, 0.25) is 11.8 Å². The van der Waals surface area contributed by atoms with Crippen LogP contribution < -0.4 is 11.1 Å². The number of hydrogen-bond donors (Lipinski definition) is 1. The van der Waals surface area contributed by atoms with Gasteiger partial charge in [-0.2, -0.15) is 9.94 Å². The maximum atomic E-state index is 12.9. The normalized spacial score (nSPS) is 10.2. The van der Waals surface area contributed by atoms with Gasteiger partial charge in [0.1, 0.15) is 12.4 Å². The van der Waals surface area contributed by atoms with Crippen LogP contribution in [0.5, 0.6) is 0 Å². The van der Waals surface area contributed by atoms with Gasteiger partial charge in [-0.3, -0.25) is 4.79 Å². The van der Waals surface area contributed by atoms with Gasteiger partial charge < -0.3 is 9.73 Å². The number of halogens is 1. The van der Waals surface area contributed by atoms with Gasteiger partial charge in [0, 0.05) is 11.3 Å². The smallest absolute Gasteiger partial charge is 0.388 e. The van der Waals surface area contributed by atoms with Crippen LogP contribution in [0.15, 0.2) is 57.7 Å². The lowest BCUT2D eigenvalue weighted by Gasteiger charge is -2.04. The van der Waals surface area contributed by atoms with Crippen LogP contribution >= 0.6 is 0 Å². The molecule has 0 atom stereocenters. The predicted molar refractivity (Wildman–Crippen MR) is 85.9 cm³/mol. The largest absolute Gasteiger partial charge is 0.437 e. The number of nitrogens with zero attached hydrogens (tertiary/aromatic N) is 3. The highest BCUT2D eigenvalue weighted by atomic mass is 19.1. The van der Waals surface area contributed by atoms with Crippen molar-refractivity contribution >= 4 is 11.6 Å². The van der Waals surface area contributed by atoms with Gasteiger partial charge in [0.05, 0.1) is 11.6 Å². The van der Waals surface area contributed by atoms with Gasteiger partial charge >= 0.3 is 5.76 Å². The van der Waals surface area contributed by atoms with Gasteiger partial charge in [-0.05, 0) is 42.5 Å². The number of anilines is 1. The van der Waals surface area contributed by atoms with E-state index in [4.69, 9.17) is 9.68 Å². The van der Waals surface area contributed by atoms with Crippen molar-refractivity contribution in [2.75, 3.05) is 5.32 Å². The minimum absolute atomic E-state index is 0.00993. The third kappa shape index (κ3) is 3.79. The Morgan fingerprint density at radius 1 is 1.28 bits per heavy atom. The lowest BCUT2D eigenvalue weighted by molar-refractivity contribution is -0.117. The minimum Gasteiger partial charge on any atom is -0.388 e. The van der Waals surface area contributed by atoms with Gasteiger partial charge in [0.15, 0.2) is 0 Å². The Bertz CT molecular complexity index is 1020. The summed E-state index contributed by atoms with van der Waals surface area (Å²) >= 11 is 0. The van der Waals surface area contributed by atoms with Crippen LogP contribution in [0, 0.1) is 17.1 Å². The summed E-state index contributed by atoms with van der Waals surface area (Å²) in [6, 6.07) is 13.6. The summed E-state index contributed by atoms with van der Waals surface area (Å²) in [4.78, 5) is 23.8. The zero-order valence-corrected chi connectivity index (χ0v) is 12.8. The first-order valence-corrected chi connectivity index (χ1v) is 7.19. The number of rotatable bonds is 4. The SMILES string of the molecule is N#Cc1cccc(NC(=O)Cn2nc(-c3ccc(F)cc3)oc2=O)c1. The maximum absolute atomic E-state index is 12.9. The quantitative estimate of drug-likeness (QED) is 0.785. The molecular weight excluding hydrogens is 327 g/mol. The molecule has 1 aromatic heterocycles. The molecule has 0 bridgehead atoms. The number of aromatic nitrogens is 2. The van der Waals surface area contributed by atoms with E-state index in [1.54, 1.807) is 18.2 Å². The highest BCUT2D eigenvalue weighted by Crippen LogP contribution is 2.15. The highest BCUT2D eigenvalue weighted by molar-refractivity contribution is 5.90. The molecule has 2 aromatic carbocycles. The molecule has 25 heavy (non-hydrogen) atoms. The van der Waals surface area contributed by atoms with E-state index < -0.39 is 17.5 Å². The van der Waals surface area contributed by atoms with Gasteiger partial charge in [-0.25, -0.2) is 9.18 Å². The molecule has 0 saturated carbocycles. The first kappa shape index (κ1) is 16.1. The van der Waals surface area contributed by atoms with E-state index in [9.17, 15) is 14.0 Å². The minimum atomic E-state index is -0.805. The van der Waals surface area contributed by atoms with Crippen molar-refractivity contribution in [2.24, 2.45) is 0 Å². The fourth-order valence-corrected chi connectivity index (χ4v) is 2.12. The van der Waals surface area contributed by atoms with E-state index in [2.05, 4.69) is 10.4 Å². The van der Waals surface area contributed by atoms with Crippen LogP contribution in [-0.4, -0.2) is 15.7 Å². The molecular formula is C17H11FN4O3. The Balaban J connectivity index is 1.74. The Morgan fingerprint density at radius 3 is 2.76 bits per heavy atom. The number of amides is 1. The van der Waals surface area contributed by atoms with Crippen molar-refractivity contribution < 1.29 is 13.6 Å². The molecule has 0 radical (unpaired) electrons. The van der Waals surface area contributed by atoms with E-state index in [1.807, 2.05) is 6.07 Å². The highest BCUT2D eigenvalue weighted by Gasteiger charge is 2.13. The van der Waals surface area contributed by atoms with Crippen LogP contribution in [0.4, 0.5) is 10.1 Å². The molecule has 124 valence electrons. The molecule has 0 aliphatic carbocycles. The molecule has 1 heterocycles. The van der Waals surface area contributed by atoms with Crippen molar-refractivity contribution in [2.45, 2.75) is 6.54 Å². The molecule has 3 aromatic rings. The van der Waals surface area contributed by atoms with Crippen molar-refractivity contribution in [3.8, 4) is 17.5 Å². The fourth-order valence-electron chi connectivity index (χ4n) is 2.12. The van der Waals surface area contributed by atoms with E-state index in [-0.39, 0.29) is 12.4 Å². The second kappa shape index (κ2) is 6.80. The predicted octanol–water partition coefficient (Wildman–Crippen LogP) is 2.15. The lowest BCUT2D eigenvalue weighted by Crippen LogP contribution is -2.25. The average molecular weight is 338 g/mol. The van der Waals surface area contributed by atoms with Gasteiger partial charge in [0.25, 0.3) is 0 Å². The van der Waals surface area contributed by atoms with Crippen molar-refractivity contribution in [3.05, 3.63) is 70.5 Å². The maximum Gasteiger partial charge on any atom is 0.437 e. The number of carbonyl (C=O) groups is 1. The molecule has 7 nitrogen and oxygen atoms in total. The molecule has 0 saturated heterocycles. The summed E-state index contributed by atoms with van der Waals surface area (Å²) in [7, 11) is 0. The van der Waals surface area contributed by atoms with Crippen molar-refractivity contribution in [1.29, 1.82) is 5.26 Å². The third-order valence-electron chi connectivity index (χ3n) is 3.27. The second-order valence-electron chi connectivity index (χ2n) is 5.08. The zero-order chi connectivity index (χ0) is 17.8. The van der Waals surface area contributed by atoms with Gasteiger partial charge in [-0.15, -0.1) is 5.10 Å². The van der Waals surface area contributed by atoms with Crippen LogP contribution in [0.1, 0.15) is 5.56 Å². The average Bonchev–Trinajstić information content (AvgIpc) is 2.96. The molecule has 0 spiro atoms. The number of hydrogen-bond acceptors (Lipinski definition) is 5. The molecule has 0 fully saturated rings. The number of carbonyl (C=O) groups excluding carboxylic acids is 1. The summed E-state index contributed by atoms with van der Waals surface area (Å²) in [5.74, 6) is -1.75. The second-order valence-corrected chi connectivity index (χ2v) is 5.08. The van der Waals surface area contributed by atoms with Crippen molar-refractivity contribution in [3.63, 3.8) is 0 Å². The van der Waals surface area contributed by atoms with Crippen LogP contribution in [0.25, 0.3) is 11.5 Å². The summed E-state index contributed by atoms with van der Waals surface area (Å²) in [6.45, 7) is -0.361. The monoisotopic (exact) mass is 338 g/mol. The Labute approximate surface area is 140 Å². The number of nitrogens with one attached hydrogen (secondary N) is 1. The Morgan fingerprint density at radius 2 is 2.04 bits per heavy atom. The van der Waals surface area contributed by atoms with Crippen molar-refractivity contribution in [1.82, 2.24) is 9.78 Å². The van der Waals surface area contributed by atoms with Crippen LogP contribution in [0.3, 0.4) is 0 Å². The summed E-state index contributed by atoms with van der Waals surface area (Å²) in [6.07, 6.45) is 0. The molecule has 1 N–H and O–H groups in total. The topological polar surface area (TPSA) is 101 Å². The third-order valence-corrected chi connectivity index (χ3v) is 3.27. The van der Waals surface area contributed by atoms with E-state index in [1.165, 1.54) is 30.3 Å². The first-order chi connectivity index (χ1) is 12.0. The molecule has 0 aliphatic heterocycles. The Kier molecular flexibility index (Phi) is 4.39. The molecule has 0 unspecified atom stereocenters. The van der Waals surface area contributed by atoms with Crippen LogP contribution in [0.2, 0.25) is 0 Å².